The van der Waals surface area contributed by atoms with E-state index in [4.69, 9.17) is 27.8 Å². The van der Waals surface area contributed by atoms with Crippen LogP contribution in [0.5, 0.6) is 0 Å². The number of carbonyl (C=O) groups excluding carboxylic acids is 2. The first-order valence-electron chi connectivity index (χ1n) is 10.8. The van der Waals surface area contributed by atoms with E-state index in [-0.39, 0.29) is 17.0 Å². The van der Waals surface area contributed by atoms with Crippen LogP contribution in [-0.2, 0) is 24.2 Å². The zero-order valence-corrected chi connectivity index (χ0v) is 20.5. The number of rotatable bonds is 5. The number of sulfone groups is 1. The first-order chi connectivity index (χ1) is 15.9. The number of hydrogen-bond acceptors (Lipinski definition) is 7. The quantitative estimate of drug-likeness (QED) is 0.598. The molecule has 0 aromatic heterocycles. The molecule has 34 heavy (non-hydrogen) atoms. The Kier molecular flexibility index (Phi) is 6.22. The number of benzene rings is 2. The molecule has 0 saturated carbocycles. The van der Waals surface area contributed by atoms with Crippen molar-refractivity contribution in [2.45, 2.75) is 30.3 Å². The number of halogens is 1. The Morgan fingerprint density at radius 1 is 1.24 bits per heavy atom. The van der Waals surface area contributed by atoms with Gasteiger partial charge in [-0.15, -0.1) is 0 Å². The van der Waals surface area contributed by atoms with Crippen LogP contribution < -0.4 is 11.5 Å². The standard InChI is InChI=1S/C24H26ClN3O5S/c1-14-9-18(15-5-3-6-16(10-15)34(2,31)32)19(25)11-17(14)21-22(27)24(33-23(21)30)7-4-8-28(13-24)12-20(26)29/h3,5-6,9-11H,4,7-8,12-13,27H2,1-2H3,(H2,26,29). The zero-order chi connectivity index (χ0) is 24.8. The minimum absolute atomic E-state index is 0.0635. The number of esters is 1. The van der Waals surface area contributed by atoms with Crippen molar-refractivity contribution in [3.8, 4) is 11.1 Å². The molecular formula is C24H26ClN3O5S. The number of primary amides is 1. The van der Waals surface area contributed by atoms with Gasteiger partial charge in [-0.25, -0.2) is 13.2 Å². The second kappa shape index (κ2) is 8.72. The molecule has 1 spiro atoms. The number of aryl methyl sites for hydroxylation is 1. The smallest absolute Gasteiger partial charge is 0.341 e. The second-order valence-electron chi connectivity index (χ2n) is 8.90. The van der Waals surface area contributed by atoms with Crippen LogP contribution in [0.2, 0.25) is 5.02 Å². The van der Waals surface area contributed by atoms with Crippen LogP contribution in [0.3, 0.4) is 0 Å². The Labute approximate surface area is 203 Å². The molecule has 1 fully saturated rings. The number of nitrogens with zero attached hydrogens (tertiary/aromatic N) is 1. The lowest BCUT2D eigenvalue weighted by Crippen LogP contribution is -2.53. The summed E-state index contributed by atoms with van der Waals surface area (Å²) >= 11 is 6.61. The number of hydrogen-bond donors (Lipinski definition) is 2. The van der Waals surface area contributed by atoms with Crippen molar-refractivity contribution < 1.29 is 22.7 Å². The largest absolute Gasteiger partial charge is 0.448 e. The van der Waals surface area contributed by atoms with Gasteiger partial charge in [-0.1, -0.05) is 23.7 Å². The van der Waals surface area contributed by atoms with Crippen molar-refractivity contribution in [2.75, 3.05) is 25.9 Å². The van der Waals surface area contributed by atoms with Crippen LogP contribution in [0.15, 0.2) is 47.0 Å². The predicted molar refractivity (Wildman–Crippen MR) is 130 cm³/mol. The first-order valence-corrected chi connectivity index (χ1v) is 13.0. The van der Waals surface area contributed by atoms with Crippen molar-refractivity contribution in [1.82, 2.24) is 4.90 Å². The van der Waals surface area contributed by atoms with Crippen LogP contribution in [-0.4, -0.2) is 56.7 Å². The number of carbonyl (C=O) groups is 2. The molecule has 10 heteroatoms. The minimum Gasteiger partial charge on any atom is -0.448 e. The fraction of sp³-hybridized carbons (Fsp3) is 0.333. The van der Waals surface area contributed by atoms with Crippen LogP contribution in [0.4, 0.5) is 0 Å². The molecule has 1 saturated heterocycles. The lowest BCUT2D eigenvalue weighted by atomic mass is 9.86. The summed E-state index contributed by atoms with van der Waals surface area (Å²) in [5.74, 6) is -0.994. The number of amides is 1. The zero-order valence-electron chi connectivity index (χ0n) is 18.9. The van der Waals surface area contributed by atoms with E-state index < -0.39 is 27.3 Å². The van der Waals surface area contributed by atoms with Crippen LogP contribution in [0.25, 0.3) is 16.7 Å². The molecule has 2 aliphatic heterocycles. The third kappa shape index (κ3) is 4.43. The highest BCUT2D eigenvalue weighted by molar-refractivity contribution is 7.90. The maximum atomic E-state index is 13.0. The molecule has 0 bridgehead atoms. The molecule has 4 N–H and O–H groups in total. The summed E-state index contributed by atoms with van der Waals surface area (Å²) in [6, 6.07) is 9.99. The second-order valence-corrected chi connectivity index (χ2v) is 11.3. The molecule has 8 nitrogen and oxygen atoms in total. The molecule has 2 aromatic carbocycles. The summed E-state index contributed by atoms with van der Waals surface area (Å²) in [6.45, 7) is 2.85. The SMILES string of the molecule is Cc1cc(-c2cccc(S(C)(=O)=O)c2)c(Cl)cc1C1=C(N)C2(CCCN(CC(N)=O)C2)OC1=O. The van der Waals surface area contributed by atoms with Gasteiger partial charge >= 0.3 is 5.97 Å². The van der Waals surface area contributed by atoms with Gasteiger partial charge in [-0.05, 0) is 67.3 Å². The Balaban J connectivity index is 1.75. The third-order valence-corrected chi connectivity index (χ3v) is 7.75. The highest BCUT2D eigenvalue weighted by atomic mass is 35.5. The Hall–Kier alpha value is -2.88. The van der Waals surface area contributed by atoms with Crippen molar-refractivity contribution in [3.05, 3.63) is 58.2 Å². The number of piperidine rings is 1. The molecule has 1 amide bonds. The van der Waals surface area contributed by atoms with E-state index in [1.54, 1.807) is 30.3 Å². The topological polar surface area (TPSA) is 133 Å². The molecule has 2 aromatic rings. The molecule has 1 atom stereocenters. The Bertz CT molecular complexity index is 1340. The van der Waals surface area contributed by atoms with Gasteiger partial charge in [0.15, 0.2) is 15.4 Å². The van der Waals surface area contributed by atoms with Gasteiger partial charge in [0, 0.05) is 23.4 Å². The number of ether oxygens (including phenoxy) is 1. The molecule has 180 valence electrons. The fourth-order valence-corrected chi connectivity index (χ4v) is 5.65. The van der Waals surface area contributed by atoms with E-state index in [9.17, 15) is 18.0 Å². The van der Waals surface area contributed by atoms with E-state index in [2.05, 4.69) is 0 Å². The van der Waals surface area contributed by atoms with E-state index in [0.29, 0.717) is 53.3 Å². The van der Waals surface area contributed by atoms with Gasteiger partial charge in [-0.2, -0.15) is 0 Å². The molecule has 2 heterocycles. The first kappa shape index (κ1) is 24.3. The van der Waals surface area contributed by atoms with Crippen molar-refractivity contribution in [3.63, 3.8) is 0 Å². The van der Waals surface area contributed by atoms with Crippen molar-refractivity contribution in [1.29, 1.82) is 0 Å². The van der Waals surface area contributed by atoms with Gasteiger partial charge < -0.3 is 16.2 Å². The molecule has 0 radical (unpaired) electrons. The summed E-state index contributed by atoms with van der Waals surface area (Å²) < 4.78 is 29.7. The van der Waals surface area contributed by atoms with Gasteiger partial charge in [-0.3, -0.25) is 9.69 Å². The average Bonchev–Trinajstić information content (AvgIpc) is 2.97. The van der Waals surface area contributed by atoms with Gasteiger partial charge in [0.05, 0.1) is 22.7 Å². The summed E-state index contributed by atoms with van der Waals surface area (Å²) in [7, 11) is -3.38. The minimum atomic E-state index is -3.38. The van der Waals surface area contributed by atoms with E-state index >= 15 is 0 Å². The predicted octanol–water partition coefficient (Wildman–Crippen LogP) is 2.27. The molecule has 4 rings (SSSR count). The van der Waals surface area contributed by atoms with Crippen molar-refractivity contribution >= 4 is 38.9 Å². The Morgan fingerprint density at radius 2 is 1.97 bits per heavy atom. The molecular weight excluding hydrogens is 478 g/mol. The maximum Gasteiger partial charge on any atom is 0.341 e. The van der Waals surface area contributed by atoms with Gasteiger partial charge in [0.1, 0.15) is 0 Å². The summed E-state index contributed by atoms with van der Waals surface area (Å²) in [5, 5.41) is 0.347. The highest BCUT2D eigenvalue weighted by Gasteiger charge is 2.49. The van der Waals surface area contributed by atoms with Crippen molar-refractivity contribution in [2.24, 2.45) is 11.5 Å². The Morgan fingerprint density at radius 3 is 2.65 bits per heavy atom. The highest BCUT2D eigenvalue weighted by Crippen LogP contribution is 2.43. The summed E-state index contributed by atoms with van der Waals surface area (Å²) in [4.78, 5) is 26.4. The van der Waals surface area contributed by atoms with Crippen LogP contribution >= 0.6 is 11.6 Å². The van der Waals surface area contributed by atoms with E-state index in [1.807, 2.05) is 11.8 Å². The lowest BCUT2D eigenvalue weighted by molar-refractivity contribution is -0.149. The normalized spacial score (nSPS) is 21.2. The van der Waals surface area contributed by atoms with Gasteiger partial charge in [0.2, 0.25) is 5.91 Å². The third-order valence-electron chi connectivity index (χ3n) is 6.32. The maximum absolute atomic E-state index is 13.0. The van der Waals surface area contributed by atoms with Crippen LogP contribution in [0, 0.1) is 6.92 Å². The number of nitrogens with two attached hydrogens (primary N) is 2. The van der Waals surface area contributed by atoms with Crippen LogP contribution in [0.1, 0.15) is 24.0 Å². The summed E-state index contributed by atoms with van der Waals surface area (Å²) in [6.07, 6.45) is 2.39. The molecule has 2 aliphatic rings. The monoisotopic (exact) mass is 503 g/mol. The lowest BCUT2D eigenvalue weighted by Gasteiger charge is -2.39. The van der Waals surface area contributed by atoms with E-state index in [1.165, 1.54) is 6.07 Å². The molecule has 1 unspecified atom stereocenters. The average molecular weight is 504 g/mol. The number of likely N-dealkylation sites (tertiary alicyclic amines) is 1. The van der Waals surface area contributed by atoms with E-state index in [0.717, 1.165) is 11.8 Å². The molecule has 0 aliphatic carbocycles. The fourth-order valence-electron chi connectivity index (χ4n) is 4.71. The van der Waals surface area contributed by atoms with Gasteiger partial charge in [0.25, 0.3) is 0 Å². The summed E-state index contributed by atoms with van der Waals surface area (Å²) in [5.41, 5.74) is 14.0.